The predicted molar refractivity (Wildman–Crippen MR) is 75.6 cm³/mol. The van der Waals surface area contributed by atoms with Crippen LogP contribution in [0.1, 0.15) is 30.1 Å². The van der Waals surface area contributed by atoms with E-state index < -0.39 is 21.0 Å². The lowest BCUT2D eigenvalue weighted by Crippen LogP contribution is -2.39. The van der Waals surface area contributed by atoms with Crippen molar-refractivity contribution in [2.45, 2.75) is 24.8 Å². The second-order valence-electron chi connectivity index (χ2n) is 5.34. The second kappa shape index (κ2) is 6.54. The quantitative estimate of drug-likeness (QED) is 0.686. The van der Waals surface area contributed by atoms with Crippen LogP contribution in [0.5, 0.6) is 0 Å². The molecule has 2 heterocycles. The van der Waals surface area contributed by atoms with Crippen molar-refractivity contribution in [3.63, 3.8) is 0 Å². The van der Waals surface area contributed by atoms with Gasteiger partial charge in [-0.1, -0.05) is 6.92 Å². The summed E-state index contributed by atoms with van der Waals surface area (Å²) in [4.78, 5) is 13.1. The van der Waals surface area contributed by atoms with Crippen LogP contribution in [0, 0.1) is 5.92 Å². The highest BCUT2D eigenvalue weighted by Gasteiger charge is 2.24. The molecular formula is C12H20N4O4S. The standard InChI is InChI=1S/C12H20N4O4S/c1-9-2-5-16(6-3-9)7-4-14-21(19,20)11-10(12(17)18)8-13-15-11/h8-9,14H,2-7H2,1H3,(H,13,15)(H,17,18). The molecule has 1 aliphatic rings. The van der Waals surface area contributed by atoms with Crippen molar-refractivity contribution in [3.8, 4) is 0 Å². The normalized spacial score (nSPS) is 18.0. The van der Waals surface area contributed by atoms with Crippen LogP contribution in [0.4, 0.5) is 0 Å². The van der Waals surface area contributed by atoms with E-state index in [1.54, 1.807) is 0 Å². The first-order valence-electron chi connectivity index (χ1n) is 6.89. The fraction of sp³-hybridized carbons (Fsp3) is 0.667. The molecule has 0 amide bonds. The Bertz CT molecular complexity index is 590. The Kier molecular flexibility index (Phi) is 4.96. The van der Waals surface area contributed by atoms with Gasteiger partial charge in [-0.15, -0.1) is 0 Å². The van der Waals surface area contributed by atoms with E-state index in [1.807, 2.05) is 0 Å². The van der Waals surface area contributed by atoms with Crippen molar-refractivity contribution in [2.24, 2.45) is 5.92 Å². The Labute approximate surface area is 123 Å². The number of sulfonamides is 1. The molecule has 3 N–H and O–H groups in total. The SMILES string of the molecule is CC1CCN(CCNS(=O)(=O)c2[nH]ncc2C(=O)O)CC1. The molecule has 0 saturated carbocycles. The van der Waals surface area contributed by atoms with Crippen molar-refractivity contribution in [3.05, 3.63) is 11.8 Å². The number of nitrogens with one attached hydrogen (secondary N) is 2. The number of nitrogens with zero attached hydrogens (tertiary/aromatic N) is 2. The van der Waals surface area contributed by atoms with Crippen molar-refractivity contribution >= 4 is 16.0 Å². The Balaban J connectivity index is 1.90. The van der Waals surface area contributed by atoms with Crippen LogP contribution in [-0.2, 0) is 10.0 Å². The first kappa shape index (κ1) is 15.9. The third-order valence-corrected chi connectivity index (χ3v) is 5.13. The molecule has 0 aromatic carbocycles. The molecular weight excluding hydrogens is 296 g/mol. The van der Waals surface area contributed by atoms with E-state index in [9.17, 15) is 13.2 Å². The topological polar surface area (TPSA) is 115 Å². The third-order valence-electron chi connectivity index (χ3n) is 3.70. The summed E-state index contributed by atoms with van der Waals surface area (Å²) in [6, 6.07) is 0. The van der Waals surface area contributed by atoms with E-state index in [-0.39, 0.29) is 12.1 Å². The monoisotopic (exact) mass is 316 g/mol. The fourth-order valence-electron chi connectivity index (χ4n) is 2.33. The first-order chi connectivity index (χ1) is 9.90. The molecule has 2 rings (SSSR count). The average Bonchev–Trinajstić information content (AvgIpc) is 2.91. The van der Waals surface area contributed by atoms with Crippen molar-refractivity contribution in [1.82, 2.24) is 19.8 Å². The molecule has 8 nitrogen and oxygen atoms in total. The summed E-state index contributed by atoms with van der Waals surface area (Å²) in [7, 11) is -3.88. The Hall–Kier alpha value is -1.45. The van der Waals surface area contributed by atoms with E-state index in [1.165, 1.54) is 0 Å². The van der Waals surface area contributed by atoms with E-state index >= 15 is 0 Å². The average molecular weight is 316 g/mol. The summed E-state index contributed by atoms with van der Waals surface area (Å²) in [6.07, 6.45) is 3.23. The van der Waals surface area contributed by atoms with E-state index in [4.69, 9.17) is 5.11 Å². The zero-order valence-corrected chi connectivity index (χ0v) is 12.7. The molecule has 0 radical (unpaired) electrons. The highest BCUT2D eigenvalue weighted by molar-refractivity contribution is 7.89. The van der Waals surface area contributed by atoms with Gasteiger partial charge in [0.25, 0.3) is 10.0 Å². The van der Waals surface area contributed by atoms with Crippen molar-refractivity contribution in [2.75, 3.05) is 26.2 Å². The lowest BCUT2D eigenvalue weighted by Gasteiger charge is -2.30. The molecule has 1 aromatic rings. The van der Waals surface area contributed by atoms with Gasteiger partial charge >= 0.3 is 5.97 Å². The van der Waals surface area contributed by atoms with Crippen LogP contribution in [0.25, 0.3) is 0 Å². The highest BCUT2D eigenvalue weighted by Crippen LogP contribution is 2.15. The molecule has 1 saturated heterocycles. The molecule has 1 aromatic heterocycles. The largest absolute Gasteiger partial charge is 0.478 e. The number of H-pyrrole nitrogens is 1. The van der Waals surface area contributed by atoms with Gasteiger partial charge in [-0.05, 0) is 31.8 Å². The predicted octanol–water partition coefficient (Wildman–Crippen LogP) is 0.118. The molecule has 0 unspecified atom stereocenters. The Morgan fingerprint density at radius 3 is 2.81 bits per heavy atom. The van der Waals surface area contributed by atoms with Crippen LogP contribution >= 0.6 is 0 Å². The maximum atomic E-state index is 12.0. The minimum absolute atomic E-state index is 0.245. The van der Waals surface area contributed by atoms with Gasteiger partial charge in [-0.3, -0.25) is 5.10 Å². The minimum atomic E-state index is -3.88. The zero-order chi connectivity index (χ0) is 15.5. The van der Waals surface area contributed by atoms with Crippen LogP contribution < -0.4 is 4.72 Å². The molecule has 1 aliphatic heterocycles. The first-order valence-corrected chi connectivity index (χ1v) is 8.37. The van der Waals surface area contributed by atoms with Gasteiger partial charge in [0.15, 0.2) is 5.03 Å². The molecule has 0 aliphatic carbocycles. The number of carboxylic acids is 1. The molecule has 1 fully saturated rings. The number of rotatable bonds is 6. The maximum Gasteiger partial charge on any atom is 0.340 e. The fourth-order valence-corrected chi connectivity index (χ4v) is 3.43. The number of hydrogen-bond acceptors (Lipinski definition) is 5. The number of aromatic nitrogens is 2. The summed E-state index contributed by atoms with van der Waals surface area (Å²) in [5, 5.41) is 14.2. The zero-order valence-electron chi connectivity index (χ0n) is 11.9. The van der Waals surface area contributed by atoms with Gasteiger partial charge in [-0.2, -0.15) is 5.10 Å². The van der Waals surface area contributed by atoms with Gasteiger partial charge in [0.05, 0.1) is 6.20 Å². The molecule has 9 heteroatoms. The Morgan fingerprint density at radius 2 is 2.19 bits per heavy atom. The minimum Gasteiger partial charge on any atom is -0.478 e. The van der Waals surface area contributed by atoms with E-state index in [0.717, 1.165) is 38.0 Å². The smallest absolute Gasteiger partial charge is 0.340 e. The molecule has 118 valence electrons. The van der Waals surface area contributed by atoms with Crippen LogP contribution in [-0.4, -0.2) is 60.8 Å². The molecule has 0 bridgehead atoms. The summed E-state index contributed by atoms with van der Waals surface area (Å²) in [5.41, 5.74) is -0.353. The van der Waals surface area contributed by atoms with E-state index in [2.05, 4.69) is 26.7 Å². The Morgan fingerprint density at radius 1 is 1.52 bits per heavy atom. The highest BCUT2D eigenvalue weighted by atomic mass is 32.2. The number of aromatic amines is 1. The number of aromatic carboxylic acids is 1. The van der Waals surface area contributed by atoms with Gasteiger partial charge < -0.3 is 10.0 Å². The van der Waals surface area contributed by atoms with Crippen LogP contribution in [0.2, 0.25) is 0 Å². The molecule has 0 spiro atoms. The van der Waals surface area contributed by atoms with Gasteiger partial charge in [0.1, 0.15) is 5.56 Å². The summed E-state index contributed by atoms with van der Waals surface area (Å²) < 4.78 is 26.5. The van der Waals surface area contributed by atoms with Crippen molar-refractivity contribution < 1.29 is 18.3 Å². The van der Waals surface area contributed by atoms with Gasteiger partial charge in [0.2, 0.25) is 0 Å². The van der Waals surface area contributed by atoms with Crippen molar-refractivity contribution in [1.29, 1.82) is 0 Å². The lowest BCUT2D eigenvalue weighted by atomic mass is 9.99. The number of carbonyl (C=O) groups is 1. The van der Waals surface area contributed by atoms with Crippen LogP contribution in [0.3, 0.4) is 0 Å². The number of carboxylic acid groups (broad SMARTS) is 1. The maximum absolute atomic E-state index is 12.0. The van der Waals surface area contributed by atoms with E-state index in [0.29, 0.717) is 6.54 Å². The number of piperidine rings is 1. The summed E-state index contributed by atoms with van der Waals surface area (Å²) in [6.45, 7) is 5.00. The lowest BCUT2D eigenvalue weighted by molar-refractivity contribution is 0.0692. The van der Waals surface area contributed by atoms with Gasteiger partial charge in [-0.25, -0.2) is 17.9 Å². The second-order valence-corrected chi connectivity index (χ2v) is 7.04. The number of hydrogen-bond donors (Lipinski definition) is 3. The van der Waals surface area contributed by atoms with Gasteiger partial charge in [0, 0.05) is 13.1 Å². The molecule has 0 atom stereocenters. The summed E-state index contributed by atoms with van der Waals surface area (Å²) >= 11 is 0. The third kappa shape index (κ3) is 4.02. The van der Waals surface area contributed by atoms with Crippen LogP contribution in [0.15, 0.2) is 11.2 Å². The summed E-state index contributed by atoms with van der Waals surface area (Å²) in [5.74, 6) is -0.602. The molecule has 21 heavy (non-hydrogen) atoms. The number of likely N-dealkylation sites (tertiary alicyclic amines) is 1.